The van der Waals surface area contributed by atoms with E-state index in [0.29, 0.717) is 12.8 Å². The van der Waals surface area contributed by atoms with Crippen LogP contribution in [0.15, 0.2) is 59.5 Å². The lowest BCUT2D eigenvalue weighted by atomic mass is 9.92. The molecule has 1 aliphatic carbocycles. The van der Waals surface area contributed by atoms with Crippen LogP contribution in [0.25, 0.3) is 0 Å². The second-order valence-electron chi connectivity index (χ2n) is 11.8. The van der Waals surface area contributed by atoms with E-state index in [9.17, 15) is 32.0 Å². The smallest absolute Gasteiger partial charge is 0.311 e. The Morgan fingerprint density at radius 1 is 1.00 bits per heavy atom. The van der Waals surface area contributed by atoms with Crippen molar-refractivity contribution in [2.24, 2.45) is 11.7 Å². The number of sulfone groups is 1. The third kappa shape index (κ3) is 7.36. The van der Waals surface area contributed by atoms with Gasteiger partial charge >= 0.3 is 5.97 Å². The van der Waals surface area contributed by atoms with Gasteiger partial charge < -0.3 is 30.7 Å². The third-order valence-corrected chi connectivity index (χ3v) is 10.8. The van der Waals surface area contributed by atoms with Gasteiger partial charge in [0.25, 0.3) is 0 Å². The van der Waals surface area contributed by atoms with Crippen molar-refractivity contribution in [1.29, 1.82) is 0 Å². The number of likely N-dealkylation sites (tertiary alicyclic amines) is 1. The molecule has 3 atom stereocenters. The molecule has 0 spiro atoms. The minimum atomic E-state index is -3.91. The molecule has 0 aromatic heterocycles. The molecule has 5 rings (SSSR count). The molecule has 1 aliphatic heterocycles. The van der Waals surface area contributed by atoms with Crippen LogP contribution in [-0.2, 0) is 29.0 Å². The molecule has 3 aromatic rings. The molecule has 2 fully saturated rings. The molecular formula is C34H36F2N4O8S. The Bertz CT molecular complexity index is 1920. The quantitative estimate of drug-likeness (QED) is 0.234. The van der Waals surface area contributed by atoms with Crippen molar-refractivity contribution in [3.05, 3.63) is 82.9 Å². The summed E-state index contributed by atoms with van der Waals surface area (Å²) in [5.41, 5.74) is 5.54. The average molecular weight is 699 g/mol. The number of nitrogens with one attached hydrogen (secondary N) is 2. The second kappa shape index (κ2) is 14.2. The number of amides is 3. The number of anilines is 2. The predicted molar refractivity (Wildman–Crippen MR) is 174 cm³/mol. The van der Waals surface area contributed by atoms with Gasteiger partial charge in [0.2, 0.25) is 17.7 Å². The van der Waals surface area contributed by atoms with Crippen LogP contribution in [0.2, 0.25) is 0 Å². The van der Waals surface area contributed by atoms with Gasteiger partial charge in [-0.15, -0.1) is 0 Å². The zero-order chi connectivity index (χ0) is 35.6. The van der Waals surface area contributed by atoms with Crippen LogP contribution in [-0.4, -0.2) is 62.5 Å². The van der Waals surface area contributed by atoms with Crippen molar-refractivity contribution in [1.82, 2.24) is 4.90 Å². The van der Waals surface area contributed by atoms with E-state index in [2.05, 4.69) is 10.6 Å². The number of carbonyl (C=O) groups is 4. The molecule has 3 aromatic carbocycles. The molecule has 3 amide bonds. The Morgan fingerprint density at radius 3 is 2.35 bits per heavy atom. The summed E-state index contributed by atoms with van der Waals surface area (Å²) >= 11 is 0. The molecule has 4 N–H and O–H groups in total. The molecule has 2 aliphatic rings. The lowest BCUT2D eigenvalue weighted by Crippen LogP contribution is -2.40. The Kier molecular flexibility index (Phi) is 10.2. The summed E-state index contributed by atoms with van der Waals surface area (Å²) in [5, 5.41) is 4.80. The van der Waals surface area contributed by atoms with Crippen molar-refractivity contribution < 1.29 is 45.9 Å². The molecule has 12 nitrogen and oxygen atoms in total. The van der Waals surface area contributed by atoms with Crippen LogP contribution >= 0.6 is 0 Å². The summed E-state index contributed by atoms with van der Waals surface area (Å²) in [4.78, 5) is 53.3. The van der Waals surface area contributed by atoms with Gasteiger partial charge in [0, 0.05) is 24.7 Å². The number of hydrogen-bond donors (Lipinski definition) is 3. The monoisotopic (exact) mass is 698 g/mol. The highest BCUT2D eigenvalue weighted by Gasteiger charge is 2.48. The molecule has 0 bridgehead atoms. The Balaban J connectivity index is 1.68. The number of nitrogens with zero attached hydrogens (tertiary/aromatic N) is 1. The van der Waals surface area contributed by atoms with E-state index in [1.54, 1.807) is 6.92 Å². The number of halogens is 2. The number of rotatable bonds is 12. The van der Waals surface area contributed by atoms with Crippen molar-refractivity contribution >= 4 is 44.9 Å². The highest BCUT2D eigenvalue weighted by Crippen LogP contribution is 2.46. The number of carbonyl (C=O) groups excluding carboxylic acids is 4. The van der Waals surface area contributed by atoms with E-state index >= 15 is 4.39 Å². The van der Waals surface area contributed by atoms with Crippen LogP contribution in [0.1, 0.15) is 66.7 Å². The maximum absolute atomic E-state index is 15.2. The lowest BCUT2D eigenvalue weighted by Gasteiger charge is -2.33. The molecule has 49 heavy (non-hydrogen) atoms. The minimum absolute atomic E-state index is 0.0181. The second-order valence-corrected chi connectivity index (χ2v) is 14.0. The lowest BCUT2D eigenvalue weighted by molar-refractivity contribution is -0.149. The molecular weight excluding hydrogens is 662 g/mol. The highest BCUT2D eigenvalue weighted by atomic mass is 32.2. The van der Waals surface area contributed by atoms with Gasteiger partial charge in [0.05, 0.1) is 41.5 Å². The maximum atomic E-state index is 15.2. The fourth-order valence-corrected chi connectivity index (χ4v) is 7.93. The summed E-state index contributed by atoms with van der Waals surface area (Å²) in [6.07, 6.45) is 0.962. The summed E-state index contributed by atoms with van der Waals surface area (Å²) in [6.45, 7) is 2.85. The van der Waals surface area contributed by atoms with Crippen molar-refractivity contribution in [3.63, 3.8) is 0 Å². The summed E-state index contributed by atoms with van der Waals surface area (Å²) < 4.78 is 67.7. The predicted octanol–water partition coefficient (Wildman–Crippen LogP) is 4.27. The first-order valence-electron chi connectivity index (χ1n) is 15.6. The molecule has 260 valence electrons. The van der Waals surface area contributed by atoms with E-state index < -0.39 is 68.4 Å². The topological polar surface area (TPSA) is 174 Å². The van der Waals surface area contributed by atoms with Gasteiger partial charge in [-0.2, -0.15) is 0 Å². The molecule has 0 radical (unpaired) electrons. The van der Waals surface area contributed by atoms with E-state index in [-0.39, 0.29) is 58.3 Å². The summed E-state index contributed by atoms with van der Waals surface area (Å²) in [7, 11) is -2.68. The zero-order valence-electron chi connectivity index (χ0n) is 27.0. The normalized spacial score (nSPS) is 18.0. The van der Waals surface area contributed by atoms with Crippen molar-refractivity contribution in [2.45, 2.75) is 55.3 Å². The van der Waals surface area contributed by atoms with E-state index in [1.165, 1.54) is 55.3 Å². The van der Waals surface area contributed by atoms with Crippen molar-refractivity contribution in [2.75, 3.05) is 30.9 Å². The van der Waals surface area contributed by atoms with Gasteiger partial charge in [-0.1, -0.05) is 6.07 Å². The number of esters is 1. The highest BCUT2D eigenvalue weighted by molar-refractivity contribution is 7.92. The summed E-state index contributed by atoms with van der Waals surface area (Å²) in [6, 6.07) is 8.41. The fraction of sp³-hybridized carbons (Fsp3) is 0.353. The standard InChI is InChI=1S/C34H36F2N4O8S/c1-4-48-34(44)23-13-14-40(31(23)24-17-21(38-18(2)41)7-12-29(24)49(45,46)22-8-9-22)33(43)30(19-5-11-26(36)28(16-19)47-3)39-27-15-20(32(37)42)6-10-25(27)35/h5-7,10-12,15-17,22-23,30-31,39H,4,8-9,13-14H2,1-3H3,(H2,37,42)(H,38,41)/t23-,30+,31-/m1/s1. The first kappa shape index (κ1) is 35.3. The first-order chi connectivity index (χ1) is 23.3. The fourth-order valence-electron chi connectivity index (χ4n) is 6.05. The zero-order valence-corrected chi connectivity index (χ0v) is 27.8. The van der Waals surface area contributed by atoms with E-state index in [0.717, 1.165) is 18.2 Å². The summed E-state index contributed by atoms with van der Waals surface area (Å²) in [5.74, 6) is -5.50. The largest absolute Gasteiger partial charge is 0.494 e. The number of ether oxygens (including phenoxy) is 2. The molecule has 1 heterocycles. The van der Waals surface area contributed by atoms with Gasteiger partial charge in [-0.25, -0.2) is 17.2 Å². The number of primary amides is 1. The number of hydrogen-bond acceptors (Lipinski definition) is 9. The van der Waals surface area contributed by atoms with Gasteiger partial charge in [0.1, 0.15) is 11.9 Å². The van der Waals surface area contributed by atoms with E-state index in [1.807, 2.05) is 0 Å². The van der Waals surface area contributed by atoms with Crippen LogP contribution in [0.5, 0.6) is 5.75 Å². The van der Waals surface area contributed by atoms with E-state index in [4.69, 9.17) is 15.2 Å². The molecule has 1 saturated carbocycles. The SMILES string of the molecule is CCOC(=O)[C@@H]1CCN(C(=O)[C@@H](Nc2cc(C(N)=O)ccc2F)c2ccc(F)c(OC)c2)[C@H]1c1cc(NC(C)=O)ccc1S(=O)(=O)C1CC1. The van der Waals surface area contributed by atoms with Gasteiger partial charge in [-0.05, 0) is 85.8 Å². The Labute approximate surface area is 281 Å². The first-order valence-corrected chi connectivity index (χ1v) is 17.1. The number of nitrogens with two attached hydrogens (primary N) is 1. The van der Waals surface area contributed by atoms with Crippen LogP contribution in [0, 0.1) is 17.6 Å². The third-order valence-electron chi connectivity index (χ3n) is 8.50. The Hall–Kier alpha value is -5.05. The van der Waals surface area contributed by atoms with Crippen LogP contribution < -0.4 is 21.1 Å². The van der Waals surface area contributed by atoms with Crippen molar-refractivity contribution in [3.8, 4) is 5.75 Å². The minimum Gasteiger partial charge on any atom is -0.494 e. The number of methoxy groups -OCH3 is 1. The average Bonchev–Trinajstić information content (AvgIpc) is 3.83. The number of benzene rings is 3. The van der Waals surface area contributed by atoms with Gasteiger partial charge in [-0.3, -0.25) is 19.2 Å². The Morgan fingerprint density at radius 2 is 1.71 bits per heavy atom. The molecule has 1 saturated heterocycles. The van der Waals surface area contributed by atoms with Gasteiger partial charge in [0.15, 0.2) is 21.4 Å². The maximum Gasteiger partial charge on any atom is 0.311 e. The van der Waals surface area contributed by atoms with Crippen LogP contribution in [0.4, 0.5) is 20.2 Å². The molecule has 0 unspecified atom stereocenters. The van der Waals surface area contributed by atoms with Crippen LogP contribution in [0.3, 0.4) is 0 Å². The molecule has 15 heteroatoms.